The van der Waals surface area contributed by atoms with E-state index in [1.54, 1.807) is 11.9 Å². The molecule has 0 aromatic carbocycles. The van der Waals surface area contributed by atoms with Crippen molar-refractivity contribution in [3.63, 3.8) is 0 Å². The summed E-state index contributed by atoms with van der Waals surface area (Å²) in [5.41, 5.74) is 0. The molecule has 6 heteroatoms. The van der Waals surface area contributed by atoms with Gasteiger partial charge in [0.05, 0.1) is 0 Å². The average molecular weight is 285 g/mol. The summed E-state index contributed by atoms with van der Waals surface area (Å²) in [4.78, 5) is 27.2. The molecule has 0 radical (unpaired) electrons. The maximum absolute atomic E-state index is 12.1. The Kier molecular flexibility index (Phi) is 6.78. The number of piperidine rings is 1. The Morgan fingerprint density at radius 2 is 1.95 bits per heavy atom. The van der Waals surface area contributed by atoms with Gasteiger partial charge in [-0.3, -0.25) is 0 Å². The van der Waals surface area contributed by atoms with Crippen LogP contribution in [0.4, 0.5) is 4.79 Å². The van der Waals surface area contributed by atoms with Crippen LogP contribution in [0.5, 0.6) is 0 Å². The highest BCUT2D eigenvalue weighted by molar-refractivity contribution is 5.82. The van der Waals surface area contributed by atoms with Crippen LogP contribution in [0, 0.1) is 0 Å². The van der Waals surface area contributed by atoms with Crippen molar-refractivity contribution >= 4 is 12.0 Å². The van der Waals surface area contributed by atoms with Gasteiger partial charge in [0.2, 0.25) is 0 Å². The molecule has 1 aliphatic rings. The molecule has 6 nitrogen and oxygen atoms in total. The van der Waals surface area contributed by atoms with E-state index in [1.807, 2.05) is 6.92 Å². The van der Waals surface area contributed by atoms with Gasteiger partial charge in [-0.15, -0.1) is 0 Å². The lowest BCUT2D eigenvalue weighted by Crippen LogP contribution is -2.52. The summed E-state index contributed by atoms with van der Waals surface area (Å²) in [7, 11) is 1.76. The standard InChI is InChI=1S/C14H27N3O3/c1-4-6-12(13(18)19)15-14(20)16(3)11-7-9-17(5-2)10-8-11/h11-12H,4-10H2,1-3H3,(H,15,20)(H,18,19). The minimum atomic E-state index is -0.964. The molecule has 1 saturated heterocycles. The first-order valence-corrected chi connectivity index (χ1v) is 7.48. The molecule has 1 atom stereocenters. The lowest BCUT2D eigenvalue weighted by atomic mass is 10.0. The Morgan fingerprint density at radius 3 is 2.40 bits per heavy atom. The molecular formula is C14H27N3O3. The van der Waals surface area contributed by atoms with Crippen LogP contribution in [-0.4, -0.2) is 65.7 Å². The van der Waals surface area contributed by atoms with Gasteiger partial charge in [-0.2, -0.15) is 0 Å². The van der Waals surface area contributed by atoms with Gasteiger partial charge in [0.1, 0.15) is 6.04 Å². The van der Waals surface area contributed by atoms with Crippen molar-refractivity contribution in [1.29, 1.82) is 0 Å². The van der Waals surface area contributed by atoms with Crippen molar-refractivity contribution in [3.05, 3.63) is 0 Å². The van der Waals surface area contributed by atoms with E-state index in [2.05, 4.69) is 17.1 Å². The fourth-order valence-corrected chi connectivity index (χ4v) is 2.59. The molecule has 20 heavy (non-hydrogen) atoms. The van der Waals surface area contributed by atoms with Crippen LogP contribution in [-0.2, 0) is 4.79 Å². The Labute approximate surface area is 121 Å². The molecule has 1 heterocycles. The Balaban J connectivity index is 2.48. The predicted octanol–water partition coefficient (Wildman–Crippen LogP) is 1.37. The van der Waals surface area contributed by atoms with Gasteiger partial charge in [-0.25, -0.2) is 9.59 Å². The number of aliphatic carboxylic acids is 1. The van der Waals surface area contributed by atoms with Gasteiger partial charge in [-0.1, -0.05) is 20.3 Å². The SMILES string of the molecule is CCCC(NC(=O)N(C)C1CCN(CC)CC1)C(=O)O. The summed E-state index contributed by atoms with van der Waals surface area (Å²) in [5, 5.41) is 11.7. The second kappa shape index (κ2) is 8.09. The van der Waals surface area contributed by atoms with Gasteiger partial charge in [0.15, 0.2) is 0 Å². The number of urea groups is 1. The monoisotopic (exact) mass is 285 g/mol. The van der Waals surface area contributed by atoms with Gasteiger partial charge in [0, 0.05) is 26.2 Å². The van der Waals surface area contributed by atoms with Crippen molar-refractivity contribution in [2.75, 3.05) is 26.7 Å². The number of likely N-dealkylation sites (tertiary alicyclic amines) is 1. The van der Waals surface area contributed by atoms with E-state index < -0.39 is 12.0 Å². The molecule has 1 aliphatic heterocycles. The molecule has 0 bridgehead atoms. The molecule has 1 unspecified atom stereocenters. The first-order chi connectivity index (χ1) is 9.49. The Bertz CT molecular complexity index is 328. The van der Waals surface area contributed by atoms with Gasteiger partial charge >= 0.3 is 12.0 Å². The smallest absolute Gasteiger partial charge is 0.326 e. The van der Waals surface area contributed by atoms with Crippen LogP contribution in [0.2, 0.25) is 0 Å². The molecule has 0 aromatic rings. The maximum Gasteiger partial charge on any atom is 0.326 e. The molecule has 0 spiro atoms. The minimum absolute atomic E-state index is 0.203. The molecule has 1 rings (SSSR count). The number of carboxylic acids is 1. The molecule has 2 N–H and O–H groups in total. The van der Waals surface area contributed by atoms with Crippen molar-refractivity contribution < 1.29 is 14.7 Å². The number of carboxylic acid groups (broad SMARTS) is 1. The summed E-state index contributed by atoms with van der Waals surface area (Å²) in [5.74, 6) is -0.964. The zero-order chi connectivity index (χ0) is 15.1. The lowest BCUT2D eigenvalue weighted by molar-refractivity contribution is -0.139. The summed E-state index contributed by atoms with van der Waals surface area (Å²) >= 11 is 0. The number of nitrogens with zero attached hydrogens (tertiary/aromatic N) is 2. The highest BCUT2D eigenvalue weighted by atomic mass is 16.4. The maximum atomic E-state index is 12.1. The Hall–Kier alpha value is -1.30. The fraction of sp³-hybridized carbons (Fsp3) is 0.857. The van der Waals surface area contributed by atoms with E-state index in [1.165, 1.54) is 0 Å². The van der Waals surface area contributed by atoms with Crippen LogP contribution < -0.4 is 5.32 Å². The molecule has 1 fully saturated rings. The predicted molar refractivity (Wildman–Crippen MR) is 77.8 cm³/mol. The largest absolute Gasteiger partial charge is 0.480 e. The highest BCUT2D eigenvalue weighted by Crippen LogP contribution is 2.15. The molecule has 116 valence electrons. The van der Waals surface area contributed by atoms with Gasteiger partial charge < -0.3 is 20.2 Å². The zero-order valence-electron chi connectivity index (χ0n) is 12.8. The number of nitrogens with one attached hydrogen (secondary N) is 1. The van der Waals surface area contributed by atoms with Gasteiger partial charge in [-0.05, 0) is 25.8 Å². The molecule has 0 aliphatic carbocycles. The topological polar surface area (TPSA) is 72.9 Å². The third-order valence-electron chi connectivity index (χ3n) is 4.05. The fourth-order valence-electron chi connectivity index (χ4n) is 2.59. The summed E-state index contributed by atoms with van der Waals surface area (Å²) < 4.78 is 0. The number of amides is 2. The second-order valence-corrected chi connectivity index (χ2v) is 5.41. The molecule has 0 saturated carbocycles. The van der Waals surface area contributed by atoms with Crippen molar-refractivity contribution in [2.24, 2.45) is 0 Å². The first kappa shape index (κ1) is 16.8. The van der Waals surface area contributed by atoms with E-state index in [-0.39, 0.29) is 12.1 Å². The Morgan fingerprint density at radius 1 is 1.35 bits per heavy atom. The first-order valence-electron chi connectivity index (χ1n) is 7.48. The number of rotatable bonds is 6. The summed E-state index contributed by atoms with van der Waals surface area (Å²) in [6.45, 7) is 7.08. The molecule has 2 amide bonds. The van der Waals surface area contributed by atoms with Crippen LogP contribution in [0.1, 0.15) is 39.5 Å². The van der Waals surface area contributed by atoms with E-state index in [0.717, 1.165) is 38.9 Å². The molecule has 0 aromatic heterocycles. The van der Waals surface area contributed by atoms with Crippen LogP contribution in [0.3, 0.4) is 0 Å². The van der Waals surface area contributed by atoms with Crippen molar-refractivity contribution in [3.8, 4) is 0 Å². The number of hydrogen-bond donors (Lipinski definition) is 2. The number of carbonyl (C=O) groups excluding carboxylic acids is 1. The van der Waals surface area contributed by atoms with Crippen LogP contribution in [0.15, 0.2) is 0 Å². The van der Waals surface area contributed by atoms with Crippen LogP contribution in [0.25, 0.3) is 0 Å². The highest BCUT2D eigenvalue weighted by Gasteiger charge is 2.27. The van der Waals surface area contributed by atoms with Crippen molar-refractivity contribution in [2.45, 2.75) is 51.6 Å². The van der Waals surface area contributed by atoms with Crippen molar-refractivity contribution in [1.82, 2.24) is 15.1 Å². The summed E-state index contributed by atoms with van der Waals surface area (Å²) in [6, 6.07) is -0.861. The van der Waals surface area contributed by atoms with E-state index in [9.17, 15) is 9.59 Å². The van der Waals surface area contributed by atoms with E-state index in [4.69, 9.17) is 5.11 Å². The van der Waals surface area contributed by atoms with Gasteiger partial charge in [0.25, 0.3) is 0 Å². The average Bonchev–Trinajstić information content (AvgIpc) is 2.45. The third-order valence-corrected chi connectivity index (χ3v) is 4.05. The van der Waals surface area contributed by atoms with Crippen LogP contribution >= 0.6 is 0 Å². The lowest BCUT2D eigenvalue weighted by Gasteiger charge is -2.36. The number of carbonyl (C=O) groups is 2. The minimum Gasteiger partial charge on any atom is -0.480 e. The second-order valence-electron chi connectivity index (χ2n) is 5.41. The normalized spacial score (nSPS) is 18.6. The number of hydrogen-bond acceptors (Lipinski definition) is 3. The summed E-state index contributed by atoms with van der Waals surface area (Å²) in [6.07, 6.45) is 3.09. The quantitative estimate of drug-likeness (QED) is 0.773. The molecular weight excluding hydrogens is 258 g/mol. The van der Waals surface area contributed by atoms with E-state index in [0.29, 0.717) is 6.42 Å². The third kappa shape index (κ3) is 4.67. The van der Waals surface area contributed by atoms with E-state index >= 15 is 0 Å². The zero-order valence-corrected chi connectivity index (χ0v) is 12.8.